The fourth-order valence-electron chi connectivity index (χ4n) is 2.19. The predicted octanol–water partition coefficient (Wildman–Crippen LogP) is 2.38. The molecule has 0 atom stereocenters. The zero-order chi connectivity index (χ0) is 17.6. The van der Waals surface area contributed by atoms with E-state index in [1.807, 2.05) is 0 Å². The molecule has 0 saturated carbocycles. The molecule has 0 aliphatic carbocycles. The van der Waals surface area contributed by atoms with Crippen LogP contribution in [0, 0.1) is 5.82 Å². The third-order valence-corrected chi connectivity index (χ3v) is 3.39. The second-order valence-electron chi connectivity index (χ2n) is 5.22. The van der Waals surface area contributed by atoms with Crippen molar-refractivity contribution in [3.05, 3.63) is 60.2 Å². The monoisotopic (exact) mass is 341 g/mol. The zero-order valence-electron chi connectivity index (χ0n) is 13.5. The maximum absolute atomic E-state index is 13.0. The summed E-state index contributed by atoms with van der Waals surface area (Å²) in [6.45, 7) is 0.243. The summed E-state index contributed by atoms with van der Waals surface area (Å²) < 4.78 is 19.0. The Balaban J connectivity index is 1.86. The SMILES string of the molecule is COCC(=O)n1nc(-c2cccnc2)nc1NCc1ccc(F)cc1. The summed E-state index contributed by atoms with van der Waals surface area (Å²) in [6, 6.07) is 9.62. The maximum Gasteiger partial charge on any atom is 0.276 e. The van der Waals surface area contributed by atoms with Crippen molar-refractivity contribution in [3.63, 3.8) is 0 Å². The summed E-state index contributed by atoms with van der Waals surface area (Å²) in [4.78, 5) is 20.6. The molecule has 0 fully saturated rings. The number of carbonyl (C=O) groups excluding carboxylic acids is 1. The van der Waals surface area contributed by atoms with Crippen LogP contribution in [0.2, 0.25) is 0 Å². The van der Waals surface area contributed by atoms with Gasteiger partial charge in [-0.05, 0) is 29.8 Å². The molecule has 2 heterocycles. The zero-order valence-corrected chi connectivity index (χ0v) is 13.5. The highest BCUT2D eigenvalue weighted by atomic mass is 19.1. The van der Waals surface area contributed by atoms with Crippen LogP contribution in [0.5, 0.6) is 0 Å². The minimum atomic E-state index is -0.355. The van der Waals surface area contributed by atoms with Gasteiger partial charge in [-0.1, -0.05) is 12.1 Å². The van der Waals surface area contributed by atoms with Crippen molar-refractivity contribution in [2.45, 2.75) is 6.54 Å². The van der Waals surface area contributed by atoms with E-state index in [9.17, 15) is 9.18 Å². The Labute approximate surface area is 143 Å². The molecule has 0 saturated heterocycles. The summed E-state index contributed by atoms with van der Waals surface area (Å²) >= 11 is 0. The molecule has 0 aliphatic heterocycles. The van der Waals surface area contributed by atoms with E-state index >= 15 is 0 Å². The normalized spacial score (nSPS) is 10.6. The molecular weight excluding hydrogens is 325 g/mol. The molecule has 3 aromatic rings. The number of rotatable bonds is 6. The lowest BCUT2D eigenvalue weighted by Gasteiger charge is -2.06. The first-order valence-corrected chi connectivity index (χ1v) is 7.55. The Morgan fingerprint density at radius 3 is 2.76 bits per heavy atom. The van der Waals surface area contributed by atoms with Crippen LogP contribution >= 0.6 is 0 Å². The summed E-state index contributed by atoms with van der Waals surface area (Å²) in [5.74, 6) is -0.00260. The fourth-order valence-corrected chi connectivity index (χ4v) is 2.19. The number of halogens is 1. The number of nitrogens with one attached hydrogen (secondary N) is 1. The quantitative estimate of drug-likeness (QED) is 0.741. The van der Waals surface area contributed by atoms with Crippen LogP contribution in [0.15, 0.2) is 48.8 Å². The van der Waals surface area contributed by atoms with E-state index < -0.39 is 0 Å². The number of aromatic nitrogens is 4. The van der Waals surface area contributed by atoms with Crippen LogP contribution < -0.4 is 5.32 Å². The first-order chi connectivity index (χ1) is 12.2. The van der Waals surface area contributed by atoms with Gasteiger partial charge in [0.05, 0.1) is 0 Å². The van der Waals surface area contributed by atoms with Gasteiger partial charge in [0, 0.05) is 31.6 Å². The number of nitrogens with zero attached hydrogens (tertiary/aromatic N) is 4. The van der Waals surface area contributed by atoms with E-state index in [1.165, 1.54) is 19.2 Å². The Bertz CT molecular complexity index is 849. The van der Waals surface area contributed by atoms with Crippen LogP contribution in [0.3, 0.4) is 0 Å². The molecule has 0 aliphatic rings. The largest absolute Gasteiger partial charge is 0.375 e. The van der Waals surface area contributed by atoms with Crippen LogP contribution in [-0.4, -0.2) is 39.4 Å². The Hall–Kier alpha value is -3.13. The topological polar surface area (TPSA) is 81.9 Å². The van der Waals surface area contributed by atoms with Crippen molar-refractivity contribution in [2.24, 2.45) is 0 Å². The van der Waals surface area contributed by atoms with Crippen molar-refractivity contribution in [1.82, 2.24) is 19.7 Å². The first-order valence-electron chi connectivity index (χ1n) is 7.55. The fraction of sp³-hybridized carbons (Fsp3) is 0.176. The number of hydrogen-bond acceptors (Lipinski definition) is 6. The van der Waals surface area contributed by atoms with E-state index in [0.717, 1.165) is 10.2 Å². The van der Waals surface area contributed by atoms with E-state index in [4.69, 9.17) is 4.74 Å². The van der Waals surface area contributed by atoms with Crippen molar-refractivity contribution >= 4 is 11.9 Å². The van der Waals surface area contributed by atoms with Gasteiger partial charge in [-0.2, -0.15) is 9.67 Å². The van der Waals surface area contributed by atoms with Crippen LogP contribution in [0.25, 0.3) is 11.4 Å². The number of anilines is 1. The van der Waals surface area contributed by atoms with Crippen LogP contribution in [0.4, 0.5) is 10.3 Å². The minimum absolute atomic E-state index is 0.124. The highest BCUT2D eigenvalue weighted by molar-refractivity contribution is 5.82. The van der Waals surface area contributed by atoms with Gasteiger partial charge < -0.3 is 10.1 Å². The van der Waals surface area contributed by atoms with Crippen molar-refractivity contribution in [1.29, 1.82) is 0 Å². The molecule has 3 rings (SSSR count). The smallest absolute Gasteiger partial charge is 0.276 e. The van der Waals surface area contributed by atoms with E-state index in [-0.39, 0.29) is 24.3 Å². The second kappa shape index (κ2) is 7.63. The predicted molar refractivity (Wildman–Crippen MR) is 89.5 cm³/mol. The van der Waals surface area contributed by atoms with E-state index in [0.29, 0.717) is 17.9 Å². The number of methoxy groups -OCH3 is 1. The van der Waals surface area contributed by atoms with Gasteiger partial charge in [0.2, 0.25) is 5.95 Å². The highest BCUT2D eigenvalue weighted by Crippen LogP contribution is 2.17. The third kappa shape index (κ3) is 4.04. The van der Waals surface area contributed by atoms with Crippen LogP contribution in [-0.2, 0) is 11.3 Å². The van der Waals surface area contributed by atoms with Crippen molar-refractivity contribution in [3.8, 4) is 11.4 Å². The number of carbonyl (C=O) groups is 1. The average Bonchev–Trinajstić information content (AvgIpc) is 3.07. The Kier molecular flexibility index (Phi) is 5.10. The maximum atomic E-state index is 13.0. The molecule has 2 aromatic heterocycles. The van der Waals surface area contributed by atoms with Gasteiger partial charge in [-0.3, -0.25) is 9.78 Å². The van der Waals surface area contributed by atoms with Gasteiger partial charge in [0.25, 0.3) is 5.91 Å². The van der Waals surface area contributed by atoms with Gasteiger partial charge in [-0.15, -0.1) is 5.10 Å². The second-order valence-corrected chi connectivity index (χ2v) is 5.22. The number of pyridine rings is 1. The Morgan fingerprint density at radius 1 is 1.28 bits per heavy atom. The van der Waals surface area contributed by atoms with Crippen molar-refractivity contribution < 1.29 is 13.9 Å². The molecule has 7 nitrogen and oxygen atoms in total. The van der Waals surface area contributed by atoms with Gasteiger partial charge in [0.1, 0.15) is 12.4 Å². The highest BCUT2D eigenvalue weighted by Gasteiger charge is 2.17. The van der Waals surface area contributed by atoms with Crippen molar-refractivity contribution in [2.75, 3.05) is 19.0 Å². The molecule has 1 aromatic carbocycles. The lowest BCUT2D eigenvalue weighted by atomic mass is 10.2. The molecule has 8 heteroatoms. The molecule has 1 N–H and O–H groups in total. The molecule has 0 bridgehead atoms. The van der Waals surface area contributed by atoms with Crippen LogP contribution in [0.1, 0.15) is 10.4 Å². The molecule has 0 radical (unpaired) electrons. The average molecular weight is 341 g/mol. The van der Waals surface area contributed by atoms with E-state index in [1.54, 1.807) is 36.7 Å². The number of benzene rings is 1. The summed E-state index contributed by atoms with van der Waals surface area (Å²) in [5.41, 5.74) is 1.54. The molecule has 128 valence electrons. The molecule has 0 spiro atoms. The van der Waals surface area contributed by atoms with Gasteiger partial charge in [0.15, 0.2) is 5.82 Å². The summed E-state index contributed by atoms with van der Waals surface area (Å²) in [5, 5.41) is 7.29. The minimum Gasteiger partial charge on any atom is -0.375 e. The molecular formula is C17H16FN5O2. The molecule has 0 amide bonds. The first kappa shape index (κ1) is 16.7. The lowest BCUT2D eigenvalue weighted by Crippen LogP contribution is -2.20. The standard InChI is InChI=1S/C17H16FN5O2/c1-25-11-15(24)23-17(20-9-12-4-6-14(18)7-5-12)21-16(22-23)13-3-2-8-19-10-13/h2-8,10H,9,11H2,1H3,(H,20,21,22). The summed E-state index contributed by atoms with van der Waals surface area (Å²) in [6.07, 6.45) is 3.26. The number of ether oxygens (including phenoxy) is 1. The summed E-state index contributed by atoms with van der Waals surface area (Å²) in [7, 11) is 1.43. The van der Waals surface area contributed by atoms with E-state index in [2.05, 4.69) is 20.4 Å². The third-order valence-electron chi connectivity index (χ3n) is 3.39. The lowest BCUT2D eigenvalue weighted by molar-refractivity contribution is 0.0748. The molecule has 25 heavy (non-hydrogen) atoms. The van der Waals surface area contributed by atoms with Gasteiger partial charge >= 0.3 is 0 Å². The molecule has 0 unspecified atom stereocenters. The van der Waals surface area contributed by atoms with Gasteiger partial charge in [-0.25, -0.2) is 4.39 Å². The Morgan fingerprint density at radius 2 is 2.08 bits per heavy atom. The number of hydrogen-bond donors (Lipinski definition) is 1.